The lowest BCUT2D eigenvalue weighted by Gasteiger charge is -2.12. The Bertz CT molecular complexity index is 1170. The highest BCUT2D eigenvalue weighted by atomic mass is 32.2. The van der Waals surface area contributed by atoms with Crippen LogP contribution < -0.4 is 15.8 Å². The van der Waals surface area contributed by atoms with Crippen LogP contribution in [-0.2, 0) is 10.0 Å². The van der Waals surface area contributed by atoms with Crippen LogP contribution in [0.2, 0.25) is 0 Å². The zero-order valence-electron chi connectivity index (χ0n) is 15.4. The Hall–Kier alpha value is -3.14. The van der Waals surface area contributed by atoms with E-state index in [1.54, 1.807) is 12.1 Å². The zero-order chi connectivity index (χ0) is 20.6. The topological polar surface area (TPSA) is 116 Å². The lowest BCUT2D eigenvalue weighted by molar-refractivity contribution is 0.102. The number of nitrogens with two attached hydrogens (primary N) is 1. The van der Waals surface area contributed by atoms with Gasteiger partial charge in [0.25, 0.3) is 5.91 Å². The van der Waals surface area contributed by atoms with Crippen LogP contribution in [0.4, 0.5) is 16.0 Å². The summed E-state index contributed by atoms with van der Waals surface area (Å²) in [6.45, 7) is 3.06. The average molecular weight is 406 g/mol. The van der Waals surface area contributed by atoms with Gasteiger partial charge in [0, 0.05) is 11.3 Å². The van der Waals surface area contributed by atoms with E-state index in [9.17, 15) is 17.6 Å². The Kier molecular flexibility index (Phi) is 4.99. The summed E-state index contributed by atoms with van der Waals surface area (Å²) in [5.74, 6) is -1.37. The molecule has 1 heterocycles. The number of hydrogen-bond donors (Lipinski definition) is 2. The summed E-state index contributed by atoms with van der Waals surface area (Å²) in [6, 6.07) is 8.37. The van der Waals surface area contributed by atoms with Gasteiger partial charge in [0.1, 0.15) is 0 Å². The molecule has 0 spiro atoms. The Balaban J connectivity index is 1.99. The fourth-order valence-electron chi connectivity index (χ4n) is 2.64. The number of halogens is 1. The van der Waals surface area contributed by atoms with Gasteiger partial charge >= 0.3 is 0 Å². The Morgan fingerprint density at radius 1 is 1.25 bits per heavy atom. The Morgan fingerprint density at radius 3 is 2.57 bits per heavy atom. The molecular weight excluding hydrogens is 387 g/mol. The Labute approximate surface area is 161 Å². The van der Waals surface area contributed by atoms with E-state index in [0.717, 1.165) is 10.0 Å². The molecule has 3 rings (SSSR count). The predicted molar refractivity (Wildman–Crippen MR) is 105 cm³/mol. The molecule has 3 aromatic rings. The number of carbonyl (C=O) groups is 1. The van der Waals surface area contributed by atoms with E-state index in [2.05, 4.69) is 10.3 Å². The number of hydrogen-bond acceptors (Lipinski definition) is 6. The molecule has 0 aliphatic rings. The van der Waals surface area contributed by atoms with Gasteiger partial charge < -0.3 is 15.8 Å². The van der Waals surface area contributed by atoms with Gasteiger partial charge in [-0.2, -0.15) is 0 Å². The summed E-state index contributed by atoms with van der Waals surface area (Å²) < 4.78 is 44.8. The quantitative estimate of drug-likeness (QED) is 0.673. The fraction of sp³-hybridized carbons (Fsp3) is 0.222. The fourth-order valence-corrected chi connectivity index (χ4v) is 3.78. The number of amides is 1. The molecule has 3 N–H and O–H groups in total. The number of nitrogen functional groups attached to an aromatic ring is 1. The van der Waals surface area contributed by atoms with Crippen LogP contribution in [0.25, 0.3) is 11.0 Å². The smallest absolute Gasteiger partial charge is 0.255 e. The van der Waals surface area contributed by atoms with Crippen molar-refractivity contribution in [1.82, 2.24) is 8.96 Å². The van der Waals surface area contributed by atoms with Gasteiger partial charge in [-0.1, -0.05) is 0 Å². The van der Waals surface area contributed by atoms with E-state index in [4.69, 9.17) is 10.5 Å². The van der Waals surface area contributed by atoms with Crippen molar-refractivity contribution < 1.29 is 22.3 Å². The molecule has 0 bridgehead atoms. The molecule has 0 saturated heterocycles. The van der Waals surface area contributed by atoms with Crippen molar-refractivity contribution in [2.75, 3.05) is 18.2 Å². The molecule has 1 aromatic heterocycles. The molecular formula is C18H19FN4O4S. The summed E-state index contributed by atoms with van der Waals surface area (Å²) in [5.41, 5.74) is 6.80. The second-order valence-electron chi connectivity index (χ2n) is 6.34. The van der Waals surface area contributed by atoms with Crippen LogP contribution in [0.3, 0.4) is 0 Å². The minimum absolute atomic E-state index is 0.0243. The normalized spacial score (nSPS) is 11.8. The summed E-state index contributed by atoms with van der Waals surface area (Å²) in [4.78, 5) is 16.5. The molecule has 0 unspecified atom stereocenters. The highest BCUT2D eigenvalue weighted by Gasteiger charge is 2.24. The lowest BCUT2D eigenvalue weighted by Crippen LogP contribution is -2.23. The molecule has 2 aromatic carbocycles. The number of nitrogens with zero attached hydrogens (tertiary/aromatic N) is 2. The first-order chi connectivity index (χ1) is 13.1. The van der Waals surface area contributed by atoms with Crippen LogP contribution in [0, 0.1) is 5.82 Å². The first-order valence-electron chi connectivity index (χ1n) is 8.32. The van der Waals surface area contributed by atoms with E-state index in [1.165, 1.54) is 39.2 Å². The van der Waals surface area contributed by atoms with E-state index in [1.807, 2.05) is 0 Å². The molecule has 0 atom stereocenters. The van der Waals surface area contributed by atoms with Crippen molar-refractivity contribution in [2.24, 2.45) is 0 Å². The average Bonchev–Trinajstić information content (AvgIpc) is 2.97. The number of nitrogens with one attached hydrogen (secondary N) is 1. The molecule has 1 amide bonds. The highest BCUT2D eigenvalue weighted by molar-refractivity contribution is 7.90. The van der Waals surface area contributed by atoms with Crippen LogP contribution in [0.15, 0.2) is 36.4 Å². The monoisotopic (exact) mass is 406 g/mol. The Morgan fingerprint density at radius 2 is 1.96 bits per heavy atom. The summed E-state index contributed by atoms with van der Waals surface area (Å²) >= 11 is 0. The van der Waals surface area contributed by atoms with Crippen molar-refractivity contribution in [2.45, 2.75) is 19.1 Å². The van der Waals surface area contributed by atoms with Crippen LogP contribution >= 0.6 is 0 Å². The number of imidazole rings is 1. The summed E-state index contributed by atoms with van der Waals surface area (Å²) in [7, 11) is -2.42. The van der Waals surface area contributed by atoms with Gasteiger partial charge in [-0.3, -0.25) is 4.79 Å². The largest absolute Gasteiger partial charge is 0.494 e. The van der Waals surface area contributed by atoms with E-state index >= 15 is 0 Å². The van der Waals surface area contributed by atoms with Crippen molar-refractivity contribution in [1.29, 1.82) is 0 Å². The van der Waals surface area contributed by atoms with Gasteiger partial charge in [-0.15, -0.1) is 0 Å². The van der Waals surface area contributed by atoms with E-state index in [-0.39, 0.29) is 22.8 Å². The molecule has 8 nitrogen and oxygen atoms in total. The second-order valence-corrected chi connectivity index (χ2v) is 8.67. The van der Waals surface area contributed by atoms with E-state index in [0.29, 0.717) is 11.2 Å². The molecule has 0 saturated carbocycles. The minimum Gasteiger partial charge on any atom is -0.494 e. The molecule has 0 fully saturated rings. The molecule has 148 valence electrons. The SMILES string of the molecule is COc1ccc(C(=O)Nc2ccc3nc(N)n(S(=O)(=O)C(C)C)c3c2)cc1F. The number of benzene rings is 2. The molecule has 10 heteroatoms. The number of carbonyl (C=O) groups excluding carboxylic acids is 1. The maximum atomic E-state index is 13.8. The predicted octanol–water partition coefficient (Wildman–Crippen LogP) is 2.60. The van der Waals surface area contributed by atoms with Gasteiger partial charge in [-0.25, -0.2) is 21.8 Å². The molecule has 0 aliphatic heterocycles. The van der Waals surface area contributed by atoms with Crippen molar-refractivity contribution >= 4 is 38.6 Å². The third kappa shape index (κ3) is 3.38. The van der Waals surface area contributed by atoms with Crippen LogP contribution in [0.5, 0.6) is 5.75 Å². The standard InChI is InChI=1S/C18H19FN4O4S/c1-10(2)28(25,26)23-15-9-12(5-6-14(15)22-18(23)20)21-17(24)11-4-7-16(27-3)13(19)8-11/h4-10H,1-3H3,(H2,20,22)(H,21,24). The van der Waals surface area contributed by atoms with Gasteiger partial charge in [0.2, 0.25) is 16.0 Å². The van der Waals surface area contributed by atoms with Gasteiger partial charge in [-0.05, 0) is 50.2 Å². The van der Waals surface area contributed by atoms with Crippen LogP contribution in [0.1, 0.15) is 24.2 Å². The number of anilines is 2. The first kappa shape index (κ1) is 19.6. The second kappa shape index (κ2) is 7.12. The third-order valence-electron chi connectivity index (χ3n) is 4.16. The molecule has 0 aliphatic carbocycles. The van der Waals surface area contributed by atoms with E-state index < -0.39 is 27.0 Å². The van der Waals surface area contributed by atoms with Crippen molar-refractivity contribution in [3.8, 4) is 5.75 Å². The van der Waals surface area contributed by atoms with Crippen LogP contribution in [-0.4, -0.2) is 35.6 Å². The number of rotatable bonds is 5. The number of ether oxygens (including phenoxy) is 1. The summed E-state index contributed by atoms with van der Waals surface area (Å²) in [5, 5.41) is 1.89. The molecule has 0 radical (unpaired) electrons. The third-order valence-corrected chi connectivity index (χ3v) is 6.24. The number of aromatic nitrogens is 2. The minimum atomic E-state index is -3.75. The zero-order valence-corrected chi connectivity index (χ0v) is 16.2. The van der Waals surface area contributed by atoms with Crippen molar-refractivity contribution in [3.05, 3.63) is 47.8 Å². The van der Waals surface area contributed by atoms with Crippen molar-refractivity contribution in [3.63, 3.8) is 0 Å². The van der Waals surface area contributed by atoms with Gasteiger partial charge in [0.05, 0.1) is 23.4 Å². The van der Waals surface area contributed by atoms with Gasteiger partial charge in [0.15, 0.2) is 11.6 Å². The highest BCUT2D eigenvalue weighted by Crippen LogP contribution is 2.26. The number of fused-ring (bicyclic) bond motifs is 1. The molecule has 28 heavy (non-hydrogen) atoms. The maximum Gasteiger partial charge on any atom is 0.255 e. The first-order valence-corrected chi connectivity index (χ1v) is 9.82. The summed E-state index contributed by atoms with van der Waals surface area (Å²) in [6.07, 6.45) is 0. The lowest BCUT2D eigenvalue weighted by atomic mass is 10.2. The number of methoxy groups -OCH3 is 1. The maximum absolute atomic E-state index is 13.8.